The van der Waals surface area contributed by atoms with Crippen LogP contribution in [0.2, 0.25) is 4.82 Å². The molecular weight excluding hydrogens is 461 g/mol. The van der Waals surface area contributed by atoms with Gasteiger partial charge in [-0.15, -0.1) is 0 Å². The van der Waals surface area contributed by atoms with Crippen molar-refractivity contribution in [3.8, 4) is 0 Å². The molecule has 0 spiro atoms. The molecule has 1 fully saturated rings. The first-order valence-electron chi connectivity index (χ1n) is 8.26. The summed E-state index contributed by atoms with van der Waals surface area (Å²) in [6.45, 7) is 0. The number of rotatable bonds is 4. The number of carbonyl (C=O) groups excluding carboxylic acids is 2. The SMILES string of the molecule is O=C(O[C@@H]1CCCC[C@@H](OC(=O)C(F)(F)F)C1[Se]c1ccccc1)C(F)(F)F. The van der Waals surface area contributed by atoms with E-state index in [9.17, 15) is 35.9 Å². The van der Waals surface area contributed by atoms with Gasteiger partial charge in [-0.1, -0.05) is 0 Å². The van der Waals surface area contributed by atoms with Gasteiger partial charge in [0.2, 0.25) is 0 Å². The third-order valence-electron chi connectivity index (χ3n) is 3.96. The van der Waals surface area contributed by atoms with E-state index in [1.54, 1.807) is 30.3 Å². The number of benzene rings is 1. The Kier molecular flexibility index (Phi) is 7.39. The molecular formula is C17H16F6O4Se. The van der Waals surface area contributed by atoms with Crippen molar-refractivity contribution < 1.29 is 45.4 Å². The van der Waals surface area contributed by atoms with Gasteiger partial charge in [-0.25, -0.2) is 0 Å². The summed E-state index contributed by atoms with van der Waals surface area (Å²) in [6, 6.07) is 8.36. The van der Waals surface area contributed by atoms with E-state index in [-0.39, 0.29) is 12.8 Å². The van der Waals surface area contributed by atoms with Crippen LogP contribution in [-0.4, -0.2) is 51.5 Å². The maximum atomic E-state index is 12.6. The number of halogens is 6. The average molecular weight is 477 g/mol. The van der Waals surface area contributed by atoms with Gasteiger partial charge in [-0.2, -0.15) is 0 Å². The standard InChI is InChI=1S/C17H16F6O4Se/c18-16(19,20)14(24)26-11-8-4-5-9-12(27-15(25)17(21,22)23)13(11)28-10-6-2-1-3-7-10/h1-3,6-7,11-13H,4-5,8-9H2/t11-,12-/m1/s1. The van der Waals surface area contributed by atoms with Crippen LogP contribution in [0.5, 0.6) is 0 Å². The number of esters is 2. The molecule has 2 rings (SSSR count). The van der Waals surface area contributed by atoms with Crippen LogP contribution >= 0.6 is 0 Å². The quantitative estimate of drug-likeness (QED) is 0.289. The van der Waals surface area contributed by atoms with Crippen molar-refractivity contribution in [3.05, 3.63) is 30.3 Å². The predicted octanol–water partition coefficient (Wildman–Crippen LogP) is 3.33. The van der Waals surface area contributed by atoms with E-state index in [0.29, 0.717) is 17.3 Å². The van der Waals surface area contributed by atoms with Crippen LogP contribution in [0.4, 0.5) is 26.3 Å². The van der Waals surface area contributed by atoms with Gasteiger partial charge >= 0.3 is 162 Å². The van der Waals surface area contributed by atoms with Crippen LogP contribution in [0.15, 0.2) is 30.3 Å². The Hall–Kier alpha value is -1.74. The fraction of sp³-hybridized carbons (Fsp3) is 0.529. The average Bonchev–Trinajstić information content (AvgIpc) is 2.77. The Bertz CT molecular complexity index is 638. The molecule has 4 nitrogen and oxygen atoms in total. The van der Waals surface area contributed by atoms with Gasteiger partial charge in [0.15, 0.2) is 0 Å². The second-order valence-corrected chi connectivity index (χ2v) is 8.69. The molecule has 0 N–H and O–H groups in total. The van der Waals surface area contributed by atoms with E-state index in [1.165, 1.54) is 0 Å². The molecule has 0 bridgehead atoms. The Labute approximate surface area is 162 Å². The summed E-state index contributed by atoms with van der Waals surface area (Å²) in [7, 11) is 0. The summed E-state index contributed by atoms with van der Waals surface area (Å²) in [5.74, 6) is -4.82. The molecule has 0 amide bonds. The van der Waals surface area contributed by atoms with Gasteiger partial charge in [0.05, 0.1) is 0 Å². The van der Waals surface area contributed by atoms with E-state index in [1.807, 2.05) is 0 Å². The molecule has 11 heteroatoms. The molecule has 0 saturated heterocycles. The summed E-state index contributed by atoms with van der Waals surface area (Å²) in [5.41, 5.74) is 0. The molecule has 28 heavy (non-hydrogen) atoms. The van der Waals surface area contributed by atoms with Crippen LogP contribution in [0, 0.1) is 0 Å². The van der Waals surface area contributed by atoms with Gasteiger partial charge in [-0.05, 0) is 0 Å². The summed E-state index contributed by atoms with van der Waals surface area (Å²) in [5, 5.41) is 0. The molecule has 156 valence electrons. The van der Waals surface area contributed by atoms with Crippen molar-refractivity contribution in [1.29, 1.82) is 0 Å². The normalized spacial score (nSPS) is 21.6. The Morgan fingerprint density at radius 3 is 1.64 bits per heavy atom. The zero-order valence-corrected chi connectivity index (χ0v) is 16.0. The molecule has 0 radical (unpaired) electrons. The Morgan fingerprint density at radius 2 is 1.25 bits per heavy atom. The molecule has 0 aromatic heterocycles. The monoisotopic (exact) mass is 478 g/mol. The van der Waals surface area contributed by atoms with E-state index < -0.39 is 56.3 Å². The fourth-order valence-electron chi connectivity index (χ4n) is 2.73. The van der Waals surface area contributed by atoms with Gasteiger partial charge in [0, 0.05) is 0 Å². The van der Waals surface area contributed by atoms with Crippen molar-refractivity contribution in [2.75, 3.05) is 0 Å². The second-order valence-electron chi connectivity index (χ2n) is 6.06. The van der Waals surface area contributed by atoms with Crippen molar-refractivity contribution in [2.24, 2.45) is 0 Å². The molecule has 0 aliphatic heterocycles. The first kappa shape index (κ1) is 22.5. The van der Waals surface area contributed by atoms with E-state index in [2.05, 4.69) is 9.47 Å². The summed E-state index contributed by atoms with van der Waals surface area (Å²) >= 11 is -0.696. The molecule has 1 aliphatic rings. The Balaban J connectivity index is 2.29. The van der Waals surface area contributed by atoms with Gasteiger partial charge < -0.3 is 0 Å². The van der Waals surface area contributed by atoms with Crippen molar-refractivity contribution >= 4 is 31.4 Å². The number of hydrogen-bond acceptors (Lipinski definition) is 4. The second kappa shape index (κ2) is 9.17. The van der Waals surface area contributed by atoms with Gasteiger partial charge in [0.25, 0.3) is 0 Å². The van der Waals surface area contributed by atoms with Crippen molar-refractivity contribution in [2.45, 2.75) is 55.1 Å². The molecule has 1 saturated carbocycles. The van der Waals surface area contributed by atoms with E-state index in [4.69, 9.17) is 0 Å². The number of alkyl halides is 6. The third kappa shape index (κ3) is 6.41. The first-order chi connectivity index (χ1) is 13.0. The zero-order valence-electron chi connectivity index (χ0n) is 14.3. The van der Waals surface area contributed by atoms with Crippen LogP contribution in [0.1, 0.15) is 25.7 Å². The summed E-state index contributed by atoms with van der Waals surface area (Å²) < 4.78 is 85.6. The molecule has 0 unspecified atom stereocenters. The van der Waals surface area contributed by atoms with Crippen LogP contribution in [0.25, 0.3) is 0 Å². The van der Waals surface area contributed by atoms with Crippen LogP contribution in [-0.2, 0) is 19.1 Å². The summed E-state index contributed by atoms with van der Waals surface area (Å²) in [4.78, 5) is 21.6. The van der Waals surface area contributed by atoms with E-state index >= 15 is 0 Å². The van der Waals surface area contributed by atoms with Crippen LogP contribution in [0.3, 0.4) is 0 Å². The third-order valence-corrected chi connectivity index (χ3v) is 6.94. The topological polar surface area (TPSA) is 52.6 Å². The fourth-order valence-corrected chi connectivity index (χ4v) is 5.49. The predicted molar refractivity (Wildman–Crippen MR) is 85.9 cm³/mol. The minimum atomic E-state index is -5.23. The Morgan fingerprint density at radius 1 is 0.821 bits per heavy atom. The van der Waals surface area contributed by atoms with Crippen LogP contribution < -0.4 is 4.46 Å². The van der Waals surface area contributed by atoms with E-state index in [0.717, 1.165) is 0 Å². The van der Waals surface area contributed by atoms with Gasteiger partial charge in [-0.3, -0.25) is 0 Å². The molecule has 1 aromatic carbocycles. The van der Waals surface area contributed by atoms with Gasteiger partial charge in [0.1, 0.15) is 0 Å². The van der Waals surface area contributed by atoms with Crippen molar-refractivity contribution in [1.82, 2.24) is 0 Å². The number of hydrogen-bond donors (Lipinski definition) is 0. The molecule has 1 aliphatic carbocycles. The molecule has 1 aromatic rings. The minimum absolute atomic E-state index is 0.0428. The zero-order chi connectivity index (χ0) is 20.9. The number of ether oxygens (including phenoxy) is 2. The molecule has 0 heterocycles. The number of carbonyl (C=O) groups is 2. The first-order valence-corrected chi connectivity index (χ1v) is 10.1. The van der Waals surface area contributed by atoms with Crippen molar-refractivity contribution in [3.63, 3.8) is 0 Å². The molecule has 2 atom stereocenters. The maximum absolute atomic E-state index is 12.6. The summed E-state index contributed by atoms with van der Waals surface area (Å²) in [6.07, 6.45) is -12.3.